The molecule has 10 heteroatoms. The lowest BCUT2D eigenvalue weighted by Gasteiger charge is -2.13. The van der Waals surface area contributed by atoms with Gasteiger partial charge in [-0.05, 0) is 43.0 Å². The summed E-state index contributed by atoms with van der Waals surface area (Å²) in [5.41, 5.74) is 2.87. The number of nitrogens with zero attached hydrogens (tertiary/aromatic N) is 7. The lowest BCUT2D eigenvalue weighted by Crippen LogP contribution is -2.13. The first-order valence-corrected chi connectivity index (χ1v) is 11.2. The number of hydrogen-bond donors (Lipinski definition) is 2. The fourth-order valence-electron chi connectivity index (χ4n) is 3.89. The van der Waals surface area contributed by atoms with Crippen molar-refractivity contribution < 1.29 is 9.90 Å². The second kappa shape index (κ2) is 9.67. The van der Waals surface area contributed by atoms with E-state index in [0.717, 1.165) is 11.1 Å². The zero-order valence-corrected chi connectivity index (χ0v) is 19.9. The Kier molecular flexibility index (Phi) is 6.10. The number of phenols is 1. The minimum absolute atomic E-state index is 0.0397. The van der Waals surface area contributed by atoms with E-state index >= 15 is 0 Å². The summed E-state index contributed by atoms with van der Waals surface area (Å²) in [6.45, 7) is 11.3. The summed E-state index contributed by atoms with van der Waals surface area (Å²) in [5, 5.41) is 28.0. The summed E-state index contributed by atoms with van der Waals surface area (Å²) in [4.78, 5) is 25.0. The van der Waals surface area contributed by atoms with Crippen LogP contribution in [0.5, 0.6) is 5.75 Å². The Morgan fingerprint density at radius 3 is 2.59 bits per heavy atom. The highest BCUT2D eigenvalue weighted by Crippen LogP contribution is 2.40. The molecule has 0 aliphatic carbocycles. The lowest BCUT2D eigenvalue weighted by atomic mass is 10.0. The molecule has 5 aromatic rings. The number of hydrogen-bond acceptors (Lipinski definition) is 7. The third-order valence-electron chi connectivity index (χ3n) is 5.70. The number of anilines is 1. The van der Waals surface area contributed by atoms with E-state index in [1.165, 1.54) is 10.9 Å². The minimum Gasteiger partial charge on any atom is -0.505 e. The molecule has 2 heterocycles. The molecule has 0 bridgehead atoms. The molecule has 10 nitrogen and oxygen atoms in total. The molecule has 5 rings (SSSR count). The second-order valence-corrected chi connectivity index (χ2v) is 8.24. The Morgan fingerprint density at radius 2 is 1.84 bits per heavy atom. The molecule has 2 N–H and O–H groups in total. The molecule has 2 aromatic heterocycles. The molecule has 37 heavy (non-hydrogen) atoms. The Labute approximate surface area is 211 Å². The molecule has 0 fully saturated rings. The Hall–Kier alpha value is -5.43. The molecular weight excluding hydrogens is 468 g/mol. The van der Waals surface area contributed by atoms with Crippen LogP contribution in [0.1, 0.15) is 21.5 Å². The number of carbonyl (C=O) groups is 1. The number of phenolic OH excluding ortho intramolecular Hbond substituents is 1. The van der Waals surface area contributed by atoms with Gasteiger partial charge in [0.05, 0.1) is 18.3 Å². The molecule has 0 aliphatic heterocycles. The van der Waals surface area contributed by atoms with E-state index < -0.39 is 5.91 Å². The van der Waals surface area contributed by atoms with Crippen molar-refractivity contribution in [3.63, 3.8) is 0 Å². The van der Waals surface area contributed by atoms with Crippen molar-refractivity contribution in [1.29, 1.82) is 0 Å². The highest BCUT2D eigenvalue weighted by molar-refractivity contribution is 6.12. The largest absolute Gasteiger partial charge is 0.505 e. The molecule has 0 spiro atoms. The maximum absolute atomic E-state index is 13.2. The van der Waals surface area contributed by atoms with Crippen molar-refractivity contribution in [2.75, 3.05) is 5.32 Å². The molecule has 0 radical (unpaired) electrons. The molecule has 0 unspecified atom stereocenters. The van der Waals surface area contributed by atoms with Crippen LogP contribution >= 0.6 is 0 Å². The lowest BCUT2D eigenvalue weighted by molar-refractivity contribution is 0.102. The van der Waals surface area contributed by atoms with Gasteiger partial charge in [0.15, 0.2) is 11.6 Å². The van der Waals surface area contributed by atoms with E-state index in [0.29, 0.717) is 16.5 Å². The van der Waals surface area contributed by atoms with Crippen LogP contribution in [0.2, 0.25) is 0 Å². The van der Waals surface area contributed by atoms with Gasteiger partial charge in [-0.25, -0.2) is 14.8 Å². The topological polar surface area (TPSA) is 122 Å². The smallest absolute Gasteiger partial charge is 0.259 e. The van der Waals surface area contributed by atoms with Gasteiger partial charge in [0.2, 0.25) is 0 Å². The van der Waals surface area contributed by atoms with Crippen molar-refractivity contribution >= 4 is 39.6 Å². The quantitative estimate of drug-likeness (QED) is 0.220. The summed E-state index contributed by atoms with van der Waals surface area (Å²) in [7, 11) is 0. The molecule has 1 amide bonds. The van der Waals surface area contributed by atoms with Crippen LogP contribution in [0.25, 0.3) is 21.6 Å². The van der Waals surface area contributed by atoms with Crippen LogP contribution in [-0.4, -0.2) is 30.8 Å². The standard InChI is InChI=1S/C27H20N8O2/c1-16-9-10-21(17(2)13-16)32-26(37)20-14-18-7-4-5-8-19(18)23(24(20)36)33-34-25-22(28-3)15-31-35(25)27-29-11-6-12-30-27/h4-15,36H,1-2H3,(H,32,37). The molecule has 180 valence electrons. The van der Waals surface area contributed by atoms with Gasteiger partial charge in [0, 0.05) is 23.5 Å². The van der Waals surface area contributed by atoms with Gasteiger partial charge < -0.3 is 10.4 Å². The van der Waals surface area contributed by atoms with Crippen LogP contribution in [0.4, 0.5) is 22.9 Å². The number of aromatic hydroxyl groups is 1. The van der Waals surface area contributed by atoms with Gasteiger partial charge in [0.25, 0.3) is 17.5 Å². The van der Waals surface area contributed by atoms with Gasteiger partial charge in [-0.1, -0.05) is 42.0 Å². The van der Waals surface area contributed by atoms with Gasteiger partial charge in [-0.3, -0.25) is 4.79 Å². The van der Waals surface area contributed by atoms with Gasteiger partial charge in [-0.15, -0.1) is 10.2 Å². The average Bonchev–Trinajstić information content (AvgIpc) is 3.33. The maximum atomic E-state index is 13.2. The molecule has 0 aliphatic rings. The fourth-order valence-corrected chi connectivity index (χ4v) is 3.89. The number of aromatic nitrogens is 4. The number of fused-ring (bicyclic) bond motifs is 1. The third-order valence-corrected chi connectivity index (χ3v) is 5.70. The Morgan fingerprint density at radius 1 is 1.05 bits per heavy atom. The van der Waals surface area contributed by atoms with Crippen molar-refractivity contribution in [3.8, 4) is 11.7 Å². The van der Waals surface area contributed by atoms with E-state index in [-0.39, 0.29) is 34.5 Å². The normalized spacial score (nSPS) is 11.1. The number of carbonyl (C=O) groups excluding carboxylic acids is 1. The monoisotopic (exact) mass is 488 g/mol. The van der Waals surface area contributed by atoms with E-state index in [4.69, 9.17) is 6.57 Å². The first-order chi connectivity index (χ1) is 18.0. The van der Waals surface area contributed by atoms with E-state index in [2.05, 4.69) is 35.5 Å². The van der Waals surface area contributed by atoms with Gasteiger partial charge in [-0.2, -0.15) is 9.78 Å². The summed E-state index contributed by atoms with van der Waals surface area (Å²) >= 11 is 0. The highest BCUT2D eigenvalue weighted by atomic mass is 16.3. The van der Waals surface area contributed by atoms with Crippen LogP contribution in [0.15, 0.2) is 83.4 Å². The number of aryl methyl sites for hydroxylation is 2. The van der Waals surface area contributed by atoms with Crippen molar-refractivity contribution in [1.82, 2.24) is 19.7 Å². The molecule has 0 saturated heterocycles. The predicted octanol–water partition coefficient (Wildman–Crippen LogP) is 6.36. The SMILES string of the molecule is [C-]#[N+]c1cnn(-c2ncccn2)c1N=Nc1c(O)c(C(=O)Nc2ccc(C)cc2C)cc2ccccc12. The number of nitrogens with one attached hydrogen (secondary N) is 1. The first kappa shape index (κ1) is 23.3. The van der Waals surface area contributed by atoms with Crippen molar-refractivity contribution in [3.05, 3.63) is 101 Å². The van der Waals surface area contributed by atoms with Crippen molar-refractivity contribution in [2.24, 2.45) is 10.2 Å². The fraction of sp³-hybridized carbons (Fsp3) is 0.0741. The minimum atomic E-state index is -0.490. The number of rotatable bonds is 5. The van der Waals surface area contributed by atoms with Crippen molar-refractivity contribution in [2.45, 2.75) is 13.8 Å². The van der Waals surface area contributed by atoms with Crippen LogP contribution < -0.4 is 5.32 Å². The summed E-state index contributed by atoms with van der Waals surface area (Å²) in [6.07, 6.45) is 4.42. The summed E-state index contributed by atoms with van der Waals surface area (Å²) < 4.78 is 1.28. The molecular formula is C27H20N8O2. The Bertz CT molecular complexity index is 1720. The van der Waals surface area contributed by atoms with Crippen LogP contribution in [0, 0.1) is 20.4 Å². The zero-order chi connectivity index (χ0) is 25.9. The second-order valence-electron chi connectivity index (χ2n) is 8.24. The number of azo groups is 1. The molecule has 3 aromatic carbocycles. The molecule has 0 atom stereocenters. The molecule has 0 saturated carbocycles. The summed E-state index contributed by atoms with van der Waals surface area (Å²) in [6, 6.07) is 16.1. The van der Waals surface area contributed by atoms with E-state index in [1.54, 1.807) is 36.7 Å². The third kappa shape index (κ3) is 4.49. The van der Waals surface area contributed by atoms with Crippen LogP contribution in [-0.2, 0) is 0 Å². The predicted molar refractivity (Wildman–Crippen MR) is 139 cm³/mol. The average molecular weight is 489 g/mol. The van der Waals surface area contributed by atoms with Gasteiger partial charge in [0.1, 0.15) is 5.69 Å². The first-order valence-electron chi connectivity index (χ1n) is 11.2. The number of amides is 1. The zero-order valence-electron chi connectivity index (χ0n) is 19.9. The Balaban J connectivity index is 1.60. The van der Waals surface area contributed by atoms with E-state index in [1.807, 2.05) is 44.2 Å². The maximum Gasteiger partial charge on any atom is 0.259 e. The number of benzene rings is 3. The van der Waals surface area contributed by atoms with Crippen LogP contribution in [0.3, 0.4) is 0 Å². The van der Waals surface area contributed by atoms with E-state index in [9.17, 15) is 9.90 Å². The highest BCUT2D eigenvalue weighted by Gasteiger charge is 2.20. The van der Waals surface area contributed by atoms with Gasteiger partial charge >= 0.3 is 0 Å². The summed E-state index contributed by atoms with van der Waals surface area (Å²) in [5.74, 6) is -0.524.